The molecule has 7 aromatic carbocycles. The maximum Gasteiger partial charge on any atom is 0.160 e. The van der Waals surface area contributed by atoms with Crippen LogP contribution in [0.25, 0.3) is 88.5 Å². The minimum Gasteiger partial charge on any atom is -0.309 e. The molecule has 10 aromatic rings. The van der Waals surface area contributed by atoms with E-state index in [1.165, 1.54) is 47.9 Å². The highest BCUT2D eigenvalue weighted by Gasteiger charge is 2.23. The summed E-state index contributed by atoms with van der Waals surface area (Å²) >= 11 is 1.80. The fraction of sp³-hybridized carbons (Fsp3) is 0. The second-order valence-corrected chi connectivity index (χ2v) is 13.7. The van der Waals surface area contributed by atoms with Crippen molar-refractivity contribution in [3.8, 4) is 34.0 Å². The molecule has 0 aliphatic carbocycles. The van der Waals surface area contributed by atoms with Crippen LogP contribution in [0.5, 0.6) is 0 Å². The molecule has 3 aromatic heterocycles. The molecule has 4 nitrogen and oxygen atoms in total. The Morgan fingerprint density at radius 2 is 1.02 bits per heavy atom. The van der Waals surface area contributed by atoms with Crippen molar-refractivity contribution < 1.29 is 0 Å². The molecule has 0 amide bonds. The van der Waals surface area contributed by atoms with Gasteiger partial charge in [0.2, 0.25) is 0 Å². The molecule has 49 heavy (non-hydrogen) atoms. The summed E-state index contributed by atoms with van der Waals surface area (Å²) in [7, 11) is 0. The molecule has 0 bridgehead atoms. The Kier molecular flexibility index (Phi) is 5.57. The van der Waals surface area contributed by atoms with Gasteiger partial charge in [0.1, 0.15) is 0 Å². The molecule has 0 radical (unpaired) electrons. The summed E-state index contributed by atoms with van der Waals surface area (Å²) in [6.45, 7) is 0. The van der Waals surface area contributed by atoms with Crippen LogP contribution in [0.2, 0.25) is 0 Å². The smallest absolute Gasteiger partial charge is 0.160 e. The first-order chi connectivity index (χ1) is 24.3. The highest BCUT2D eigenvalue weighted by molar-refractivity contribution is 7.99. The van der Waals surface area contributed by atoms with Crippen LogP contribution < -0.4 is 0 Å². The van der Waals surface area contributed by atoms with Gasteiger partial charge in [0.15, 0.2) is 5.82 Å². The largest absolute Gasteiger partial charge is 0.309 e. The average Bonchev–Trinajstić information content (AvgIpc) is 3.67. The monoisotopic (exact) mass is 642 g/mol. The minimum atomic E-state index is 0.734. The molecule has 0 saturated carbocycles. The maximum atomic E-state index is 5.24. The highest BCUT2D eigenvalue weighted by atomic mass is 32.2. The van der Waals surface area contributed by atoms with Gasteiger partial charge in [0, 0.05) is 59.2 Å². The molecule has 0 saturated heterocycles. The van der Waals surface area contributed by atoms with Gasteiger partial charge in [-0.15, -0.1) is 0 Å². The second-order valence-electron chi connectivity index (χ2n) is 12.6. The number of rotatable bonds is 3. The third-order valence-electron chi connectivity index (χ3n) is 9.90. The van der Waals surface area contributed by atoms with E-state index in [0.29, 0.717) is 0 Å². The summed E-state index contributed by atoms with van der Waals surface area (Å²) < 4.78 is 4.77. The Bertz CT molecular complexity index is 2930. The van der Waals surface area contributed by atoms with E-state index in [2.05, 4.69) is 167 Å². The van der Waals surface area contributed by atoms with Crippen molar-refractivity contribution >= 4 is 66.3 Å². The zero-order valence-electron chi connectivity index (χ0n) is 26.2. The Balaban J connectivity index is 1.11. The number of hydrogen-bond donors (Lipinski definition) is 0. The molecule has 0 spiro atoms. The fourth-order valence-corrected chi connectivity index (χ4v) is 8.90. The van der Waals surface area contributed by atoms with Gasteiger partial charge in [-0.3, -0.25) is 0 Å². The van der Waals surface area contributed by atoms with Gasteiger partial charge in [-0.05, 0) is 66.7 Å². The number of nitrogens with zero attached hydrogens (tertiary/aromatic N) is 4. The standard InChI is InChI=1S/C44H26N4S/c1-5-18-36-30(13-1)31-14-2-6-19-37(31)48(36)29-23-24-39-34(26-29)32-15-3-7-20-38(32)47(39)28-12-9-11-27(25-28)44-45-35-17-10-22-41-42(35)43(46-44)33-16-4-8-21-40(33)49-41/h1-26H. The molecule has 0 unspecified atom stereocenters. The zero-order valence-corrected chi connectivity index (χ0v) is 27.0. The molecule has 4 heterocycles. The first-order valence-corrected chi connectivity index (χ1v) is 17.3. The van der Waals surface area contributed by atoms with Gasteiger partial charge in [-0.1, -0.05) is 103 Å². The predicted molar refractivity (Wildman–Crippen MR) is 203 cm³/mol. The zero-order chi connectivity index (χ0) is 32.1. The van der Waals surface area contributed by atoms with E-state index in [4.69, 9.17) is 9.97 Å². The lowest BCUT2D eigenvalue weighted by Gasteiger charge is -2.19. The molecule has 5 heteroatoms. The normalized spacial score (nSPS) is 12.4. The summed E-state index contributed by atoms with van der Waals surface area (Å²) in [6.07, 6.45) is 0. The Labute approximate surface area is 285 Å². The number of aromatic nitrogens is 4. The number of benzene rings is 7. The molecule has 1 aliphatic rings. The summed E-state index contributed by atoms with van der Waals surface area (Å²) in [5.41, 5.74) is 11.1. The minimum absolute atomic E-state index is 0.734. The van der Waals surface area contributed by atoms with Crippen molar-refractivity contribution in [2.24, 2.45) is 0 Å². The van der Waals surface area contributed by atoms with Gasteiger partial charge >= 0.3 is 0 Å². The van der Waals surface area contributed by atoms with Crippen molar-refractivity contribution in [3.63, 3.8) is 0 Å². The third kappa shape index (κ3) is 3.88. The van der Waals surface area contributed by atoms with Crippen molar-refractivity contribution in [1.82, 2.24) is 19.1 Å². The van der Waals surface area contributed by atoms with Crippen molar-refractivity contribution in [2.45, 2.75) is 9.79 Å². The summed E-state index contributed by atoms with van der Waals surface area (Å²) in [4.78, 5) is 12.8. The van der Waals surface area contributed by atoms with E-state index < -0.39 is 0 Å². The molecule has 0 N–H and O–H groups in total. The summed E-state index contributed by atoms with van der Waals surface area (Å²) in [5, 5.41) is 6.10. The van der Waals surface area contributed by atoms with E-state index in [1.54, 1.807) is 11.8 Å². The average molecular weight is 643 g/mol. The van der Waals surface area contributed by atoms with E-state index in [-0.39, 0.29) is 0 Å². The Morgan fingerprint density at radius 1 is 0.429 bits per heavy atom. The number of fused-ring (bicyclic) bond motifs is 8. The van der Waals surface area contributed by atoms with Crippen LogP contribution in [0.1, 0.15) is 0 Å². The van der Waals surface area contributed by atoms with Gasteiger partial charge in [-0.2, -0.15) is 0 Å². The topological polar surface area (TPSA) is 35.6 Å². The van der Waals surface area contributed by atoms with Crippen LogP contribution in [-0.2, 0) is 0 Å². The molecule has 11 rings (SSSR count). The molecule has 0 fully saturated rings. The lowest BCUT2D eigenvalue weighted by atomic mass is 10.0. The molecule has 228 valence electrons. The second kappa shape index (κ2) is 10.2. The van der Waals surface area contributed by atoms with Gasteiger partial charge < -0.3 is 9.13 Å². The van der Waals surface area contributed by atoms with Crippen LogP contribution in [0, 0.1) is 0 Å². The first kappa shape index (κ1) is 26.9. The maximum absolute atomic E-state index is 5.24. The van der Waals surface area contributed by atoms with Crippen LogP contribution in [0.4, 0.5) is 0 Å². The Morgan fingerprint density at radius 3 is 1.78 bits per heavy atom. The lowest BCUT2D eigenvalue weighted by molar-refractivity contribution is 1.16. The van der Waals surface area contributed by atoms with Gasteiger partial charge in [-0.25, -0.2) is 9.97 Å². The third-order valence-corrected chi connectivity index (χ3v) is 11.0. The first-order valence-electron chi connectivity index (χ1n) is 16.5. The highest BCUT2D eigenvalue weighted by Crippen LogP contribution is 2.47. The van der Waals surface area contributed by atoms with E-state index in [0.717, 1.165) is 50.4 Å². The van der Waals surface area contributed by atoms with Crippen LogP contribution in [-0.4, -0.2) is 19.1 Å². The number of para-hydroxylation sites is 3. The van der Waals surface area contributed by atoms with Crippen molar-refractivity contribution in [2.75, 3.05) is 0 Å². The molecule has 0 atom stereocenters. The molecule has 1 aliphatic heterocycles. The van der Waals surface area contributed by atoms with Gasteiger partial charge in [0.05, 0.1) is 33.3 Å². The quantitative estimate of drug-likeness (QED) is 0.192. The van der Waals surface area contributed by atoms with E-state index in [9.17, 15) is 0 Å². The van der Waals surface area contributed by atoms with Gasteiger partial charge in [0.25, 0.3) is 0 Å². The van der Waals surface area contributed by atoms with Crippen molar-refractivity contribution in [3.05, 3.63) is 158 Å². The predicted octanol–water partition coefficient (Wildman–Crippen LogP) is 11.6. The number of hydrogen-bond acceptors (Lipinski definition) is 3. The summed E-state index contributed by atoms with van der Waals surface area (Å²) in [6, 6.07) is 56.5. The van der Waals surface area contributed by atoms with Crippen LogP contribution in [0.3, 0.4) is 0 Å². The Hall–Kier alpha value is -6.17. The fourth-order valence-electron chi connectivity index (χ4n) is 7.79. The molecular weight excluding hydrogens is 617 g/mol. The van der Waals surface area contributed by atoms with E-state index in [1.807, 2.05) is 0 Å². The van der Waals surface area contributed by atoms with Crippen LogP contribution >= 0.6 is 11.8 Å². The SMILES string of the molecule is c1cc(-c2nc3c4c(cccc4n2)Sc2ccccc2-3)cc(-n2c3ccccc3c3cc(-n4c5ccccc5c5ccccc54)ccc32)c1. The summed E-state index contributed by atoms with van der Waals surface area (Å²) in [5.74, 6) is 0.734. The molecular formula is C44H26N4S. The lowest BCUT2D eigenvalue weighted by Crippen LogP contribution is -2.01. The van der Waals surface area contributed by atoms with Crippen molar-refractivity contribution in [1.29, 1.82) is 0 Å². The van der Waals surface area contributed by atoms with Crippen LogP contribution in [0.15, 0.2) is 168 Å². The van der Waals surface area contributed by atoms with E-state index >= 15 is 0 Å².